The first-order valence-electron chi connectivity index (χ1n) is 4.00. The third-order valence-corrected chi connectivity index (χ3v) is 2.87. The molecule has 2 aromatic rings. The second-order valence-corrected chi connectivity index (χ2v) is 4.77. The van der Waals surface area contributed by atoms with Gasteiger partial charge in [0, 0.05) is 9.86 Å². The van der Waals surface area contributed by atoms with Gasteiger partial charge in [-0.1, -0.05) is 15.9 Å². The highest BCUT2D eigenvalue weighted by Crippen LogP contribution is 2.26. The molecule has 0 bridgehead atoms. The van der Waals surface area contributed by atoms with E-state index in [0.29, 0.717) is 10.1 Å². The van der Waals surface area contributed by atoms with E-state index >= 15 is 0 Å². The molecule has 0 saturated heterocycles. The molecule has 1 aromatic carbocycles. The van der Waals surface area contributed by atoms with Crippen LogP contribution in [0.1, 0.15) is 5.56 Å². The maximum absolute atomic E-state index is 13.5. The highest BCUT2D eigenvalue weighted by Gasteiger charge is 2.07. The minimum Gasteiger partial charge on any atom is -0.238 e. The fraction of sp³-hybridized carbons (Fsp3) is 0.100. The molecular formula is C10H6Br2FN. The number of fused-ring (bicyclic) bond motifs is 1. The maximum Gasteiger partial charge on any atom is 0.150 e. The van der Waals surface area contributed by atoms with E-state index in [-0.39, 0.29) is 5.82 Å². The lowest BCUT2D eigenvalue weighted by Crippen LogP contribution is -1.88. The van der Waals surface area contributed by atoms with Gasteiger partial charge < -0.3 is 0 Å². The van der Waals surface area contributed by atoms with Crippen molar-refractivity contribution in [3.8, 4) is 0 Å². The molecule has 0 N–H and O–H groups in total. The Labute approximate surface area is 97.6 Å². The maximum atomic E-state index is 13.5. The Kier molecular flexibility index (Phi) is 2.58. The van der Waals surface area contributed by atoms with Crippen LogP contribution in [0.5, 0.6) is 0 Å². The minimum atomic E-state index is -0.307. The zero-order valence-corrected chi connectivity index (χ0v) is 10.5. The molecule has 0 saturated carbocycles. The smallest absolute Gasteiger partial charge is 0.150 e. The Morgan fingerprint density at radius 3 is 2.64 bits per heavy atom. The lowest BCUT2D eigenvalue weighted by atomic mass is 10.1. The Hall–Kier alpha value is -0.480. The predicted molar refractivity (Wildman–Crippen MR) is 61.8 cm³/mol. The number of hydrogen-bond acceptors (Lipinski definition) is 1. The number of pyridine rings is 1. The Morgan fingerprint density at radius 1 is 1.21 bits per heavy atom. The fourth-order valence-corrected chi connectivity index (χ4v) is 2.33. The summed E-state index contributed by atoms with van der Waals surface area (Å²) in [5.74, 6) is -0.307. The molecule has 4 heteroatoms. The number of halogens is 3. The van der Waals surface area contributed by atoms with Gasteiger partial charge in [-0.15, -0.1) is 0 Å². The van der Waals surface area contributed by atoms with Crippen molar-refractivity contribution in [2.75, 3.05) is 0 Å². The monoisotopic (exact) mass is 317 g/mol. The van der Waals surface area contributed by atoms with E-state index in [0.717, 1.165) is 15.4 Å². The van der Waals surface area contributed by atoms with Gasteiger partial charge in [-0.2, -0.15) is 0 Å². The molecule has 72 valence electrons. The van der Waals surface area contributed by atoms with E-state index in [2.05, 4.69) is 36.8 Å². The summed E-state index contributed by atoms with van der Waals surface area (Å²) in [6.07, 6.45) is 0. The van der Waals surface area contributed by atoms with Gasteiger partial charge in [-0.25, -0.2) is 9.37 Å². The second-order valence-electron chi connectivity index (χ2n) is 3.05. The zero-order chi connectivity index (χ0) is 10.3. The average Bonchev–Trinajstić information content (AvgIpc) is 2.07. The molecule has 0 aliphatic carbocycles. The largest absolute Gasteiger partial charge is 0.238 e. The molecule has 2 rings (SSSR count). The summed E-state index contributed by atoms with van der Waals surface area (Å²) in [5, 5.41) is 0.833. The van der Waals surface area contributed by atoms with Crippen molar-refractivity contribution in [2.45, 2.75) is 6.92 Å². The van der Waals surface area contributed by atoms with Crippen LogP contribution in [0.15, 0.2) is 27.3 Å². The molecular weight excluding hydrogens is 313 g/mol. The molecule has 1 nitrogen and oxygen atoms in total. The Bertz CT molecular complexity index is 464. The average molecular weight is 319 g/mol. The highest BCUT2D eigenvalue weighted by molar-refractivity contribution is 9.10. The van der Waals surface area contributed by atoms with Crippen molar-refractivity contribution >= 4 is 42.8 Å². The summed E-state index contributed by atoms with van der Waals surface area (Å²) < 4.78 is 14.9. The summed E-state index contributed by atoms with van der Waals surface area (Å²) >= 11 is 6.50. The normalized spacial score (nSPS) is 10.9. The van der Waals surface area contributed by atoms with Crippen LogP contribution in [0.2, 0.25) is 0 Å². The fourth-order valence-electron chi connectivity index (χ4n) is 1.38. The van der Waals surface area contributed by atoms with Gasteiger partial charge in [0.2, 0.25) is 0 Å². The van der Waals surface area contributed by atoms with E-state index in [4.69, 9.17) is 0 Å². The first kappa shape index (κ1) is 10.1. The summed E-state index contributed by atoms with van der Waals surface area (Å²) in [6.45, 7) is 1.93. The molecule has 1 heterocycles. The number of rotatable bonds is 0. The van der Waals surface area contributed by atoms with Gasteiger partial charge in [0.25, 0.3) is 0 Å². The number of nitrogens with zero attached hydrogens (tertiary/aromatic N) is 1. The molecule has 0 fully saturated rings. The van der Waals surface area contributed by atoms with Crippen LogP contribution >= 0.6 is 31.9 Å². The third kappa shape index (κ3) is 1.68. The van der Waals surface area contributed by atoms with Crippen molar-refractivity contribution in [2.24, 2.45) is 0 Å². The van der Waals surface area contributed by atoms with Crippen molar-refractivity contribution in [3.05, 3.63) is 38.7 Å². The van der Waals surface area contributed by atoms with Gasteiger partial charge in [0.15, 0.2) is 5.82 Å². The zero-order valence-electron chi connectivity index (χ0n) is 7.31. The molecule has 1 aromatic heterocycles. The number of benzene rings is 1. The molecule has 14 heavy (non-hydrogen) atoms. The summed E-state index contributed by atoms with van der Waals surface area (Å²) in [6, 6.07) is 5.16. The molecule has 0 amide bonds. The van der Waals surface area contributed by atoms with Crippen LogP contribution in [0.4, 0.5) is 4.39 Å². The van der Waals surface area contributed by atoms with Crippen molar-refractivity contribution in [1.29, 1.82) is 0 Å². The molecule has 0 spiro atoms. The van der Waals surface area contributed by atoms with Gasteiger partial charge >= 0.3 is 0 Å². The van der Waals surface area contributed by atoms with Crippen LogP contribution in [-0.2, 0) is 0 Å². The van der Waals surface area contributed by atoms with Gasteiger partial charge in [-0.3, -0.25) is 0 Å². The van der Waals surface area contributed by atoms with Crippen molar-refractivity contribution in [1.82, 2.24) is 4.98 Å². The summed E-state index contributed by atoms with van der Waals surface area (Å²) in [7, 11) is 0. The lowest BCUT2D eigenvalue weighted by Gasteiger charge is -2.04. The van der Waals surface area contributed by atoms with Gasteiger partial charge in [-0.05, 0) is 46.6 Å². The van der Waals surface area contributed by atoms with E-state index in [1.54, 1.807) is 0 Å². The molecule has 0 atom stereocenters. The quantitative estimate of drug-likeness (QED) is 0.663. The summed E-state index contributed by atoms with van der Waals surface area (Å²) in [4.78, 5) is 4.10. The molecule has 0 radical (unpaired) electrons. The van der Waals surface area contributed by atoms with E-state index in [1.165, 1.54) is 6.07 Å². The second kappa shape index (κ2) is 3.59. The van der Waals surface area contributed by atoms with E-state index in [9.17, 15) is 4.39 Å². The first-order valence-corrected chi connectivity index (χ1v) is 5.58. The molecule has 0 unspecified atom stereocenters. The third-order valence-electron chi connectivity index (χ3n) is 2.01. The van der Waals surface area contributed by atoms with Crippen LogP contribution in [-0.4, -0.2) is 4.98 Å². The molecule has 0 aliphatic heterocycles. The lowest BCUT2D eigenvalue weighted by molar-refractivity contribution is 0.635. The van der Waals surface area contributed by atoms with Gasteiger partial charge in [0.05, 0.1) is 0 Å². The minimum absolute atomic E-state index is 0.307. The van der Waals surface area contributed by atoms with Crippen molar-refractivity contribution < 1.29 is 4.39 Å². The van der Waals surface area contributed by atoms with Crippen LogP contribution in [0.25, 0.3) is 10.9 Å². The Balaban J connectivity index is 2.94. The van der Waals surface area contributed by atoms with Crippen LogP contribution in [0.3, 0.4) is 0 Å². The van der Waals surface area contributed by atoms with Crippen molar-refractivity contribution in [3.63, 3.8) is 0 Å². The first-order chi connectivity index (χ1) is 6.58. The van der Waals surface area contributed by atoms with Gasteiger partial charge in [0.1, 0.15) is 10.1 Å². The van der Waals surface area contributed by atoms with E-state index in [1.807, 2.05) is 19.1 Å². The summed E-state index contributed by atoms with van der Waals surface area (Å²) in [5.41, 5.74) is 1.40. The SMILES string of the molecule is Cc1cc(Br)nc2c(F)cc(Br)cc12. The standard InChI is InChI=1S/C10H6Br2FN/c1-5-2-9(12)14-10-7(5)3-6(11)4-8(10)13/h2-4H,1H3. The Morgan fingerprint density at radius 2 is 1.93 bits per heavy atom. The number of aromatic nitrogens is 1. The number of aryl methyl sites for hydroxylation is 1. The molecule has 0 aliphatic rings. The predicted octanol–water partition coefficient (Wildman–Crippen LogP) is 4.21. The number of hydrogen-bond donors (Lipinski definition) is 0. The van der Waals surface area contributed by atoms with Crippen LogP contribution in [0, 0.1) is 12.7 Å². The highest BCUT2D eigenvalue weighted by atomic mass is 79.9. The van der Waals surface area contributed by atoms with E-state index < -0.39 is 0 Å². The van der Waals surface area contributed by atoms with Crippen LogP contribution < -0.4 is 0 Å². The topological polar surface area (TPSA) is 12.9 Å².